The molecule has 0 saturated carbocycles. The fourth-order valence-electron chi connectivity index (χ4n) is 1.60. The molecular weight excluding hydrogens is 277 g/mol. The van der Waals surface area contributed by atoms with Crippen LogP contribution in [0.1, 0.15) is 24.7 Å². The number of nitrogens with zero attached hydrogens (tertiary/aromatic N) is 2. The maximum atomic E-state index is 12.8. The average Bonchev–Trinajstić information content (AvgIpc) is 2.93. The van der Waals surface area contributed by atoms with E-state index in [0.29, 0.717) is 18.8 Å². The van der Waals surface area contributed by atoms with Gasteiger partial charge in [0.05, 0.1) is 0 Å². The van der Waals surface area contributed by atoms with Crippen LogP contribution in [0.3, 0.4) is 0 Å². The van der Waals surface area contributed by atoms with Crippen molar-refractivity contribution in [3.05, 3.63) is 41.5 Å². The lowest BCUT2D eigenvalue weighted by Crippen LogP contribution is -2.29. The first-order chi connectivity index (χ1) is 10.2. The van der Waals surface area contributed by atoms with Crippen LogP contribution in [0.25, 0.3) is 0 Å². The SMILES string of the molecule is CCCNC(=O)COc1nc(Cc2ccc(F)cc2)no1. The van der Waals surface area contributed by atoms with Crippen LogP contribution in [0, 0.1) is 5.82 Å². The van der Waals surface area contributed by atoms with Gasteiger partial charge >= 0.3 is 6.08 Å². The number of carbonyl (C=O) groups excluding carboxylic acids is 1. The van der Waals surface area contributed by atoms with Gasteiger partial charge in [-0.15, -0.1) is 0 Å². The third-order valence-electron chi connectivity index (χ3n) is 2.62. The van der Waals surface area contributed by atoms with Crippen LogP contribution in [0.5, 0.6) is 6.08 Å². The van der Waals surface area contributed by atoms with Crippen molar-refractivity contribution in [2.75, 3.05) is 13.2 Å². The Morgan fingerprint density at radius 3 is 2.86 bits per heavy atom. The number of hydrogen-bond acceptors (Lipinski definition) is 5. The Morgan fingerprint density at radius 2 is 2.14 bits per heavy atom. The molecule has 0 bridgehead atoms. The van der Waals surface area contributed by atoms with Gasteiger partial charge in [0.1, 0.15) is 5.82 Å². The number of carbonyl (C=O) groups is 1. The van der Waals surface area contributed by atoms with Crippen molar-refractivity contribution in [3.8, 4) is 6.08 Å². The molecule has 2 rings (SSSR count). The van der Waals surface area contributed by atoms with Crippen LogP contribution in [-0.2, 0) is 11.2 Å². The first-order valence-corrected chi connectivity index (χ1v) is 6.64. The van der Waals surface area contributed by atoms with E-state index < -0.39 is 0 Å². The fraction of sp³-hybridized carbons (Fsp3) is 0.357. The van der Waals surface area contributed by atoms with Crippen molar-refractivity contribution < 1.29 is 18.4 Å². The molecule has 0 aliphatic carbocycles. The van der Waals surface area contributed by atoms with Gasteiger partial charge < -0.3 is 10.1 Å². The maximum absolute atomic E-state index is 12.8. The number of rotatable bonds is 7. The highest BCUT2D eigenvalue weighted by molar-refractivity contribution is 5.77. The summed E-state index contributed by atoms with van der Waals surface area (Å²) < 4.78 is 22.8. The van der Waals surface area contributed by atoms with Crippen molar-refractivity contribution in [1.82, 2.24) is 15.5 Å². The Balaban J connectivity index is 1.83. The van der Waals surface area contributed by atoms with E-state index in [-0.39, 0.29) is 24.4 Å². The Hall–Kier alpha value is -2.44. The molecule has 1 aromatic heterocycles. The van der Waals surface area contributed by atoms with Crippen LogP contribution in [0.15, 0.2) is 28.8 Å². The molecule has 7 heteroatoms. The number of aromatic nitrogens is 2. The van der Waals surface area contributed by atoms with Crippen molar-refractivity contribution in [2.45, 2.75) is 19.8 Å². The molecule has 0 aliphatic rings. The highest BCUT2D eigenvalue weighted by Gasteiger charge is 2.10. The molecule has 1 aromatic carbocycles. The molecule has 21 heavy (non-hydrogen) atoms. The van der Waals surface area contributed by atoms with E-state index in [1.54, 1.807) is 12.1 Å². The lowest BCUT2D eigenvalue weighted by atomic mass is 10.1. The van der Waals surface area contributed by atoms with E-state index in [4.69, 9.17) is 9.26 Å². The number of ether oxygens (including phenoxy) is 1. The lowest BCUT2D eigenvalue weighted by Gasteiger charge is -2.01. The molecule has 112 valence electrons. The van der Waals surface area contributed by atoms with Crippen LogP contribution < -0.4 is 10.1 Å². The molecule has 1 amide bonds. The average molecular weight is 293 g/mol. The summed E-state index contributed by atoms with van der Waals surface area (Å²) in [6.07, 6.45) is 1.20. The molecule has 0 radical (unpaired) electrons. The zero-order valence-corrected chi connectivity index (χ0v) is 11.6. The minimum Gasteiger partial charge on any atom is -0.439 e. The molecule has 0 spiro atoms. The minimum absolute atomic E-state index is 0.0567. The van der Waals surface area contributed by atoms with E-state index in [0.717, 1.165) is 12.0 Å². The van der Waals surface area contributed by atoms with Crippen molar-refractivity contribution in [2.24, 2.45) is 0 Å². The summed E-state index contributed by atoms with van der Waals surface area (Å²) in [5.41, 5.74) is 0.851. The second-order valence-corrected chi connectivity index (χ2v) is 4.42. The van der Waals surface area contributed by atoms with Crippen LogP contribution in [0.4, 0.5) is 4.39 Å². The van der Waals surface area contributed by atoms with Gasteiger partial charge in [-0.1, -0.05) is 24.2 Å². The molecule has 0 fully saturated rings. The summed E-state index contributed by atoms with van der Waals surface area (Å²) in [6, 6.07) is 6.02. The number of hydrogen-bond donors (Lipinski definition) is 1. The van der Waals surface area contributed by atoms with Gasteiger partial charge in [0.25, 0.3) is 5.91 Å². The molecular formula is C14H16FN3O3. The Morgan fingerprint density at radius 1 is 1.38 bits per heavy atom. The summed E-state index contributed by atoms with van der Waals surface area (Å²) in [4.78, 5) is 15.3. The van der Waals surface area contributed by atoms with Gasteiger partial charge in [-0.3, -0.25) is 9.32 Å². The first kappa shape index (κ1) is 15.0. The quantitative estimate of drug-likeness (QED) is 0.840. The predicted molar refractivity (Wildman–Crippen MR) is 72.3 cm³/mol. The van der Waals surface area contributed by atoms with E-state index in [1.807, 2.05) is 6.92 Å². The highest BCUT2D eigenvalue weighted by atomic mass is 19.1. The summed E-state index contributed by atoms with van der Waals surface area (Å²) in [6.45, 7) is 2.39. The molecule has 6 nitrogen and oxygen atoms in total. The first-order valence-electron chi connectivity index (χ1n) is 6.64. The molecule has 0 unspecified atom stereocenters. The molecule has 0 saturated heterocycles. The Labute approximate surface area is 121 Å². The maximum Gasteiger partial charge on any atom is 0.417 e. The van der Waals surface area contributed by atoms with Crippen LogP contribution >= 0.6 is 0 Å². The normalized spacial score (nSPS) is 10.4. The molecule has 2 aromatic rings. The molecule has 1 N–H and O–H groups in total. The summed E-state index contributed by atoms with van der Waals surface area (Å²) in [5.74, 6) is -0.130. The van der Waals surface area contributed by atoms with Gasteiger partial charge in [-0.25, -0.2) is 4.39 Å². The third-order valence-corrected chi connectivity index (χ3v) is 2.62. The number of nitrogens with one attached hydrogen (secondary N) is 1. The standard InChI is InChI=1S/C14H16FN3O3/c1-2-7-16-13(19)9-20-14-17-12(18-21-14)8-10-3-5-11(15)6-4-10/h3-6H,2,7-9H2,1H3,(H,16,19). The van der Waals surface area contributed by atoms with Crippen LogP contribution in [-0.4, -0.2) is 29.2 Å². The van der Waals surface area contributed by atoms with Gasteiger partial charge in [0.15, 0.2) is 12.4 Å². The van der Waals surface area contributed by atoms with Gasteiger partial charge in [-0.05, 0) is 24.1 Å². The summed E-state index contributed by atoms with van der Waals surface area (Å²) in [7, 11) is 0. The smallest absolute Gasteiger partial charge is 0.417 e. The van der Waals surface area contributed by atoms with E-state index >= 15 is 0 Å². The summed E-state index contributed by atoms with van der Waals surface area (Å²) in [5, 5.41) is 6.40. The zero-order valence-electron chi connectivity index (χ0n) is 11.6. The van der Waals surface area contributed by atoms with Crippen LogP contribution in [0.2, 0.25) is 0 Å². The molecule has 1 heterocycles. The second-order valence-electron chi connectivity index (χ2n) is 4.42. The van der Waals surface area contributed by atoms with Crippen molar-refractivity contribution in [1.29, 1.82) is 0 Å². The second kappa shape index (κ2) is 7.37. The van der Waals surface area contributed by atoms with Gasteiger partial charge in [-0.2, -0.15) is 4.98 Å². The third kappa shape index (κ3) is 4.87. The van der Waals surface area contributed by atoms with Crippen molar-refractivity contribution in [3.63, 3.8) is 0 Å². The highest BCUT2D eigenvalue weighted by Crippen LogP contribution is 2.11. The number of halogens is 1. The van der Waals surface area contributed by atoms with E-state index in [1.165, 1.54) is 12.1 Å². The Kier molecular flexibility index (Phi) is 5.25. The molecule has 0 atom stereocenters. The fourth-order valence-corrected chi connectivity index (χ4v) is 1.60. The Bertz CT molecular complexity index is 583. The number of benzene rings is 1. The predicted octanol–water partition coefficient (Wildman–Crippen LogP) is 1.70. The topological polar surface area (TPSA) is 77.2 Å². The molecule has 0 aliphatic heterocycles. The summed E-state index contributed by atoms with van der Waals surface area (Å²) >= 11 is 0. The zero-order chi connectivity index (χ0) is 15.1. The van der Waals surface area contributed by atoms with Crippen molar-refractivity contribution >= 4 is 5.91 Å². The lowest BCUT2D eigenvalue weighted by molar-refractivity contribution is -0.123. The minimum atomic E-state index is -0.297. The van der Waals surface area contributed by atoms with E-state index in [2.05, 4.69) is 15.5 Å². The van der Waals surface area contributed by atoms with Gasteiger partial charge in [0.2, 0.25) is 0 Å². The number of amides is 1. The van der Waals surface area contributed by atoms with Gasteiger partial charge in [0, 0.05) is 13.0 Å². The largest absolute Gasteiger partial charge is 0.439 e. The van der Waals surface area contributed by atoms with E-state index in [9.17, 15) is 9.18 Å². The monoisotopic (exact) mass is 293 g/mol.